The Morgan fingerprint density at radius 1 is 1.18 bits per heavy atom. The lowest BCUT2D eigenvalue weighted by Gasteiger charge is -2.18. The third kappa shape index (κ3) is 9.12. The first-order valence-electron chi connectivity index (χ1n) is 6.70. The third-order valence-corrected chi connectivity index (χ3v) is 2.88. The molecule has 0 aliphatic rings. The molecular weight excluding hydrogens is 218 g/mol. The Morgan fingerprint density at radius 2 is 1.76 bits per heavy atom. The molecule has 0 heterocycles. The van der Waals surface area contributed by atoms with Crippen molar-refractivity contribution < 1.29 is 15.0 Å². The van der Waals surface area contributed by atoms with Crippen LogP contribution in [0.4, 0.5) is 0 Å². The van der Waals surface area contributed by atoms with Gasteiger partial charge in [-0.15, -0.1) is 0 Å². The number of unbranched alkanes of at least 4 members (excludes halogenated alkanes) is 5. The van der Waals surface area contributed by atoms with E-state index >= 15 is 0 Å². The van der Waals surface area contributed by atoms with E-state index in [2.05, 4.69) is 12.2 Å². The second kappa shape index (κ2) is 10.5. The van der Waals surface area contributed by atoms with Gasteiger partial charge in [-0.25, -0.2) is 0 Å². The normalized spacial score (nSPS) is 14.4. The van der Waals surface area contributed by atoms with Gasteiger partial charge in [0.05, 0.1) is 18.8 Å². The van der Waals surface area contributed by atoms with Crippen LogP contribution in [0.2, 0.25) is 0 Å². The molecule has 0 radical (unpaired) electrons. The molecule has 0 saturated heterocycles. The molecule has 102 valence electrons. The van der Waals surface area contributed by atoms with E-state index < -0.39 is 12.1 Å². The number of nitrogens with one attached hydrogen (secondary N) is 1. The molecule has 0 bridgehead atoms. The molecule has 4 nitrogen and oxygen atoms in total. The fourth-order valence-corrected chi connectivity index (χ4v) is 1.66. The van der Waals surface area contributed by atoms with E-state index in [9.17, 15) is 9.90 Å². The number of carbonyl (C=O) groups excluding carboxylic acids is 1. The zero-order valence-corrected chi connectivity index (χ0v) is 11.1. The van der Waals surface area contributed by atoms with Gasteiger partial charge < -0.3 is 15.5 Å². The number of aliphatic hydroxyl groups excluding tert-OH is 2. The van der Waals surface area contributed by atoms with Crippen LogP contribution in [0.5, 0.6) is 0 Å². The predicted octanol–water partition coefficient (Wildman–Crippen LogP) is 1.59. The van der Waals surface area contributed by atoms with E-state index in [1.807, 2.05) is 0 Å². The molecule has 0 saturated carbocycles. The Labute approximate surface area is 104 Å². The maximum absolute atomic E-state index is 11.5. The molecule has 0 fully saturated rings. The van der Waals surface area contributed by atoms with E-state index in [-0.39, 0.29) is 12.5 Å². The van der Waals surface area contributed by atoms with E-state index in [4.69, 9.17) is 5.11 Å². The molecule has 3 N–H and O–H groups in total. The second-order valence-electron chi connectivity index (χ2n) is 4.61. The van der Waals surface area contributed by atoms with E-state index in [0.29, 0.717) is 6.42 Å². The van der Waals surface area contributed by atoms with Gasteiger partial charge in [0.25, 0.3) is 0 Å². The highest BCUT2D eigenvalue weighted by atomic mass is 16.3. The van der Waals surface area contributed by atoms with Crippen LogP contribution in [0.1, 0.15) is 58.8 Å². The monoisotopic (exact) mass is 245 g/mol. The van der Waals surface area contributed by atoms with Crippen LogP contribution in [-0.2, 0) is 4.79 Å². The fraction of sp³-hybridized carbons (Fsp3) is 0.923. The topological polar surface area (TPSA) is 69.6 Å². The van der Waals surface area contributed by atoms with Crippen molar-refractivity contribution >= 4 is 5.91 Å². The Kier molecular flexibility index (Phi) is 10.2. The molecule has 0 aromatic heterocycles. The van der Waals surface area contributed by atoms with Crippen LogP contribution < -0.4 is 5.32 Å². The molecule has 0 aliphatic heterocycles. The molecule has 2 atom stereocenters. The molecule has 0 aromatic rings. The Hall–Kier alpha value is -0.610. The summed E-state index contributed by atoms with van der Waals surface area (Å²) in [6.45, 7) is 3.52. The highest BCUT2D eigenvalue weighted by Gasteiger charge is 2.15. The van der Waals surface area contributed by atoms with Crippen LogP contribution in [0, 0.1) is 0 Å². The molecule has 1 amide bonds. The van der Waals surface area contributed by atoms with Gasteiger partial charge in [0.2, 0.25) is 5.91 Å². The summed E-state index contributed by atoms with van der Waals surface area (Å²) in [7, 11) is 0. The largest absolute Gasteiger partial charge is 0.394 e. The van der Waals surface area contributed by atoms with E-state index in [1.165, 1.54) is 25.7 Å². The van der Waals surface area contributed by atoms with Crippen molar-refractivity contribution in [2.75, 3.05) is 6.61 Å². The molecular formula is C13H27NO3. The Balaban J connectivity index is 3.52. The summed E-state index contributed by atoms with van der Waals surface area (Å²) in [5.74, 6) is -0.0829. The molecule has 17 heavy (non-hydrogen) atoms. The molecule has 0 rings (SSSR count). The van der Waals surface area contributed by atoms with Crippen molar-refractivity contribution in [1.82, 2.24) is 5.32 Å². The second-order valence-corrected chi connectivity index (χ2v) is 4.61. The molecule has 4 heteroatoms. The first-order valence-corrected chi connectivity index (χ1v) is 6.70. The minimum Gasteiger partial charge on any atom is -0.394 e. The molecule has 0 aromatic carbocycles. The Bertz CT molecular complexity index is 195. The number of hydrogen-bond acceptors (Lipinski definition) is 3. The van der Waals surface area contributed by atoms with E-state index in [1.54, 1.807) is 6.92 Å². The van der Waals surface area contributed by atoms with Gasteiger partial charge in [-0.3, -0.25) is 4.79 Å². The van der Waals surface area contributed by atoms with Crippen molar-refractivity contribution in [2.45, 2.75) is 70.9 Å². The SMILES string of the molecule is CCCCCCCCC(=O)NC(CO)C(C)O. The van der Waals surface area contributed by atoms with Crippen LogP contribution in [-0.4, -0.2) is 34.9 Å². The Morgan fingerprint density at radius 3 is 2.29 bits per heavy atom. The molecule has 0 aliphatic carbocycles. The van der Waals surface area contributed by atoms with Gasteiger partial charge in [0.1, 0.15) is 0 Å². The van der Waals surface area contributed by atoms with Gasteiger partial charge in [-0.05, 0) is 13.3 Å². The van der Waals surface area contributed by atoms with Gasteiger partial charge in [0.15, 0.2) is 0 Å². The first kappa shape index (κ1) is 16.4. The summed E-state index contributed by atoms with van der Waals surface area (Å²) in [5.41, 5.74) is 0. The van der Waals surface area contributed by atoms with Crippen LogP contribution >= 0.6 is 0 Å². The number of hydrogen-bond donors (Lipinski definition) is 3. The van der Waals surface area contributed by atoms with Gasteiger partial charge in [-0.1, -0.05) is 39.0 Å². The summed E-state index contributed by atoms with van der Waals surface area (Å²) in [4.78, 5) is 11.5. The summed E-state index contributed by atoms with van der Waals surface area (Å²) < 4.78 is 0. The molecule has 2 unspecified atom stereocenters. The lowest BCUT2D eigenvalue weighted by atomic mass is 10.1. The third-order valence-electron chi connectivity index (χ3n) is 2.88. The summed E-state index contributed by atoms with van der Waals surface area (Å²) in [6, 6.07) is -0.539. The number of carbonyl (C=O) groups is 1. The van der Waals surface area contributed by atoms with Gasteiger partial charge in [-0.2, -0.15) is 0 Å². The van der Waals surface area contributed by atoms with E-state index in [0.717, 1.165) is 12.8 Å². The number of amides is 1. The highest BCUT2D eigenvalue weighted by molar-refractivity contribution is 5.76. The van der Waals surface area contributed by atoms with Crippen molar-refractivity contribution in [3.05, 3.63) is 0 Å². The zero-order valence-electron chi connectivity index (χ0n) is 11.1. The summed E-state index contributed by atoms with van der Waals surface area (Å²) >= 11 is 0. The first-order chi connectivity index (χ1) is 8.11. The van der Waals surface area contributed by atoms with Crippen LogP contribution in [0.15, 0.2) is 0 Å². The lowest BCUT2D eigenvalue weighted by Crippen LogP contribution is -2.44. The summed E-state index contributed by atoms with van der Waals surface area (Å²) in [5, 5.41) is 20.8. The average Bonchev–Trinajstić information content (AvgIpc) is 2.30. The number of rotatable bonds is 10. The quantitative estimate of drug-likeness (QED) is 0.512. The van der Waals surface area contributed by atoms with Crippen LogP contribution in [0.3, 0.4) is 0 Å². The van der Waals surface area contributed by atoms with Crippen molar-refractivity contribution in [1.29, 1.82) is 0 Å². The molecule has 0 spiro atoms. The minimum atomic E-state index is -0.714. The maximum atomic E-state index is 11.5. The minimum absolute atomic E-state index is 0.0829. The summed E-state index contributed by atoms with van der Waals surface area (Å²) in [6.07, 6.45) is 6.64. The number of aliphatic hydroxyl groups is 2. The highest BCUT2D eigenvalue weighted by Crippen LogP contribution is 2.07. The maximum Gasteiger partial charge on any atom is 0.220 e. The van der Waals surface area contributed by atoms with Crippen molar-refractivity contribution in [2.24, 2.45) is 0 Å². The predicted molar refractivity (Wildman–Crippen MR) is 68.7 cm³/mol. The lowest BCUT2D eigenvalue weighted by molar-refractivity contribution is -0.123. The smallest absolute Gasteiger partial charge is 0.220 e. The standard InChI is InChI=1S/C13H27NO3/c1-3-4-5-6-7-8-9-13(17)14-12(10-15)11(2)16/h11-12,15-16H,3-10H2,1-2H3,(H,14,17). The van der Waals surface area contributed by atoms with Crippen LogP contribution in [0.25, 0.3) is 0 Å². The van der Waals surface area contributed by atoms with Crippen molar-refractivity contribution in [3.8, 4) is 0 Å². The van der Waals surface area contributed by atoms with Crippen molar-refractivity contribution in [3.63, 3.8) is 0 Å². The van der Waals surface area contributed by atoms with Gasteiger partial charge in [0, 0.05) is 6.42 Å². The fourth-order valence-electron chi connectivity index (χ4n) is 1.66. The average molecular weight is 245 g/mol. The zero-order chi connectivity index (χ0) is 13.1. The van der Waals surface area contributed by atoms with Gasteiger partial charge >= 0.3 is 0 Å².